The van der Waals surface area contributed by atoms with Gasteiger partial charge in [0.1, 0.15) is 12.4 Å². The minimum Gasteiger partial charge on any atom is -0.492 e. The van der Waals surface area contributed by atoms with Crippen molar-refractivity contribution in [3.8, 4) is 11.6 Å². The summed E-state index contributed by atoms with van der Waals surface area (Å²) in [6, 6.07) is 15.5. The molecule has 1 N–H and O–H groups in total. The number of methoxy groups -OCH3 is 1. The first-order valence-electron chi connectivity index (χ1n) is 7.82. The van der Waals surface area contributed by atoms with E-state index in [2.05, 4.69) is 15.3 Å². The van der Waals surface area contributed by atoms with E-state index in [1.165, 1.54) is 0 Å². The van der Waals surface area contributed by atoms with Crippen molar-refractivity contribution in [2.75, 3.05) is 34.4 Å². The molecule has 2 aromatic rings. The fourth-order valence-electron chi connectivity index (χ4n) is 2.15. The van der Waals surface area contributed by atoms with E-state index in [0.717, 1.165) is 23.9 Å². The lowest BCUT2D eigenvalue weighted by molar-refractivity contribution is 0.281. The van der Waals surface area contributed by atoms with E-state index >= 15 is 0 Å². The lowest BCUT2D eigenvalue weighted by atomic mass is 10.3. The molecule has 0 fully saturated rings. The summed E-state index contributed by atoms with van der Waals surface area (Å²) in [6.07, 6.45) is 0. The third-order valence-corrected chi connectivity index (χ3v) is 3.43. The molecule has 25 heavy (non-hydrogen) atoms. The average molecular weight is 456 g/mol. The largest absolute Gasteiger partial charge is 0.492 e. The molecule has 6 nitrogen and oxygen atoms in total. The summed E-state index contributed by atoms with van der Waals surface area (Å²) in [5.41, 5.74) is 0.893. The number of nitrogens with zero attached hydrogens (tertiary/aromatic N) is 3. The summed E-state index contributed by atoms with van der Waals surface area (Å²) in [4.78, 5) is 10.7. The van der Waals surface area contributed by atoms with Gasteiger partial charge in [-0.05, 0) is 18.2 Å². The van der Waals surface area contributed by atoms with Crippen LogP contribution in [0.5, 0.6) is 11.6 Å². The molecule has 0 amide bonds. The first-order chi connectivity index (χ1) is 11.7. The number of aliphatic imine (C=N–C) groups is 1. The number of nitrogens with one attached hydrogen (secondary N) is 1. The van der Waals surface area contributed by atoms with Gasteiger partial charge in [-0.3, -0.25) is 4.99 Å². The van der Waals surface area contributed by atoms with Gasteiger partial charge >= 0.3 is 0 Å². The van der Waals surface area contributed by atoms with Crippen LogP contribution in [0.4, 0.5) is 0 Å². The summed E-state index contributed by atoms with van der Waals surface area (Å²) < 4.78 is 10.8. The molecule has 136 valence electrons. The van der Waals surface area contributed by atoms with E-state index in [-0.39, 0.29) is 24.0 Å². The Hall–Kier alpha value is -2.03. The summed E-state index contributed by atoms with van der Waals surface area (Å²) >= 11 is 0. The van der Waals surface area contributed by atoms with Gasteiger partial charge in [0.15, 0.2) is 5.96 Å². The fraction of sp³-hybridized carbons (Fsp3) is 0.333. The van der Waals surface area contributed by atoms with Crippen LogP contribution in [-0.4, -0.2) is 50.2 Å². The van der Waals surface area contributed by atoms with Crippen molar-refractivity contribution in [2.45, 2.75) is 6.54 Å². The Bertz CT molecular complexity index is 653. The molecule has 0 saturated carbocycles. The second kappa shape index (κ2) is 11.5. The van der Waals surface area contributed by atoms with E-state index in [4.69, 9.17) is 9.47 Å². The second-order valence-corrected chi connectivity index (χ2v) is 5.16. The number of halogens is 1. The van der Waals surface area contributed by atoms with E-state index in [1.54, 1.807) is 14.2 Å². The normalized spacial score (nSPS) is 10.6. The van der Waals surface area contributed by atoms with Crippen molar-refractivity contribution < 1.29 is 9.47 Å². The van der Waals surface area contributed by atoms with Gasteiger partial charge in [-0.1, -0.05) is 24.3 Å². The predicted molar refractivity (Wildman–Crippen MR) is 111 cm³/mol. The maximum Gasteiger partial charge on any atom is 0.213 e. The highest BCUT2D eigenvalue weighted by molar-refractivity contribution is 14.0. The number of hydrogen-bond acceptors (Lipinski definition) is 4. The zero-order valence-electron chi connectivity index (χ0n) is 14.8. The van der Waals surface area contributed by atoms with Crippen molar-refractivity contribution >= 4 is 29.9 Å². The molecule has 1 aromatic carbocycles. The van der Waals surface area contributed by atoms with Crippen LogP contribution < -0.4 is 14.8 Å². The number of hydrogen-bond donors (Lipinski definition) is 1. The highest BCUT2D eigenvalue weighted by atomic mass is 127. The molecule has 0 aliphatic carbocycles. The maximum absolute atomic E-state index is 5.71. The third-order valence-electron chi connectivity index (χ3n) is 3.43. The van der Waals surface area contributed by atoms with Crippen LogP contribution in [0.25, 0.3) is 0 Å². The van der Waals surface area contributed by atoms with Crippen molar-refractivity contribution in [1.29, 1.82) is 0 Å². The van der Waals surface area contributed by atoms with Crippen LogP contribution in [0.1, 0.15) is 5.69 Å². The Labute approximate surface area is 166 Å². The van der Waals surface area contributed by atoms with Gasteiger partial charge in [-0.25, -0.2) is 4.98 Å². The van der Waals surface area contributed by atoms with Crippen molar-refractivity contribution in [1.82, 2.24) is 15.2 Å². The number of aromatic nitrogens is 1. The number of para-hydroxylation sites is 1. The summed E-state index contributed by atoms with van der Waals surface area (Å²) in [7, 11) is 5.34. The number of pyridine rings is 1. The highest BCUT2D eigenvalue weighted by Gasteiger charge is 2.06. The molecule has 0 spiro atoms. The quantitative estimate of drug-likeness (QED) is 0.395. The molecule has 0 aliphatic rings. The SMILES string of the molecule is CN=C(NCc1cccc(OC)n1)N(C)CCOc1ccccc1.I. The van der Waals surface area contributed by atoms with Crippen molar-refractivity contribution in [2.24, 2.45) is 4.99 Å². The van der Waals surface area contributed by atoms with Crippen LogP contribution in [0, 0.1) is 0 Å². The minimum absolute atomic E-state index is 0. The minimum atomic E-state index is 0. The highest BCUT2D eigenvalue weighted by Crippen LogP contribution is 2.08. The van der Waals surface area contributed by atoms with E-state index in [0.29, 0.717) is 19.0 Å². The van der Waals surface area contributed by atoms with Gasteiger partial charge in [0.05, 0.1) is 25.9 Å². The van der Waals surface area contributed by atoms with Crippen LogP contribution in [0.2, 0.25) is 0 Å². The van der Waals surface area contributed by atoms with Crippen molar-refractivity contribution in [3.05, 3.63) is 54.2 Å². The van der Waals surface area contributed by atoms with E-state index < -0.39 is 0 Å². The molecule has 0 saturated heterocycles. The Balaban J connectivity index is 0.00000312. The van der Waals surface area contributed by atoms with Gasteiger partial charge in [-0.2, -0.15) is 0 Å². The number of benzene rings is 1. The number of guanidine groups is 1. The van der Waals surface area contributed by atoms with Gasteiger partial charge < -0.3 is 19.7 Å². The molecule has 2 rings (SSSR count). The van der Waals surface area contributed by atoms with Crippen LogP contribution in [0.15, 0.2) is 53.5 Å². The molecule has 0 unspecified atom stereocenters. The van der Waals surface area contributed by atoms with Crippen LogP contribution in [-0.2, 0) is 6.54 Å². The number of ether oxygens (including phenoxy) is 2. The predicted octanol–water partition coefficient (Wildman–Crippen LogP) is 2.79. The molecule has 7 heteroatoms. The smallest absolute Gasteiger partial charge is 0.213 e. The Morgan fingerprint density at radius 3 is 2.60 bits per heavy atom. The first-order valence-corrected chi connectivity index (χ1v) is 7.82. The molecular weight excluding hydrogens is 431 g/mol. The van der Waals surface area contributed by atoms with Gasteiger partial charge in [0.25, 0.3) is 0 Å². The van der Waals surface area contributed by atoms with Gasteiger partial charge in [0.2, 0.25) is 5.88 Å². The zero-order chi connectivity index (χ0) is 17.2. The van der Waals surface area contributed by atoms with Crippen LogP contribution >= 0.6 is 24.0 Å². The standard InChI is InChI=1S/C18H24N4O2.HI/c1-19-18(20-14-15-8-7-11-17(21-15)23-3)22(2)12-13-24-16-9-5-4-6-10-16;/h4-11H,12-14H2,1-3H3,(H,19,20);1H. The Morgan fingerprint density at radius 2 is 1.92 bits per heavy atom. The van der Waals surface area contributed by atoms with Gasteiger partial charge in [-0.15, -0.1) is 24.0 Å². The lowest BCUT2D eigenvalue weighted by Gasteiger charge is -2.22. The Morgan fingerprint density at radius 1 is 1.16 bits per heavy atom. The monoisotopic (exact) mass is 456 g/mol. The summed E-state index contributed by atoms with van der Waals surface area (Å²) in [6.45, 7) is 1.88. The van der Waals surface area contributed by atoms with Crippen LogP contribution in [0.3, 0.4) is 0 Å². The third kappa shape index (κ3) is 7.16. The fourth-order valence-corrected chi connectivity index (χ4v) is 2.15. The maximum atomic E-state index is 5.71. The lowest BCUT2D eigenvalue weighted by Crippen LogP contribution is -2.40. The molecule has 0 radical (unpaired) electrons. The topological polar surface area (TPSA) is 59.0 Å². The van der Waals surface area contributed by atoms with E-state index in [1.807, 2.05) is 60.5 Å². The molecule has 0 bridgehead atoms. The average Bonchev–Trinajstić information content (AvgIpc) is 2.63. The molecule has 0 aliphatic heterocycles. The summed E-state index contributed by atoms with van der Waals surface area (Å²) in [5, 5.41) is 3.29. The van der Waals surface area contributed by atoms with Gasteiger partial charge in [0, 0.05) is 20.2 Å². The Kier molecular flexibility index (Phi) is 9.68. The second-order valence-electron chi connectivity index (χ2n) is 5.16. The zero-order valence-corrected chi connectivity index (χ0v) is 17.1. The molecular formula is C18H25IN4O2. The number of likely N-dealkylation sites (N-methyl/N-ethyl adjacent to an activating group) is 1. The van der Waals surface area contributed by atoms with E-state index in [9.17, 15) is 0 Å². The molecule has 0 atom stereocenters. The number of rotatable bonds is 7. The first kappa shape index (κ1) is 21.0. The molecule has 1 heterocycles. The summed E-state index contributed by atoms with van der Waals surface area (Å²) in [5.74, 6) is 2.26. The van der Waals surface area contributed by atoms with Crippen molar-refractivity contribution in [3.63, 3.8) is 0 Å². The molecule has 1 aromatic heterocycles.